The van der Waals surface area contributed by atoms with Gasteiger partial charge >= 0.3 is 0 Å². The van der Waals surface area contributed by atoms with Crippen LogP contribution in [-0.2, 0) is 15.1 Å². The molecule has 0 saturated heterocycles. The highest BCUT2D eigenvalue weighted by Crippen LogP contribution is 2.42. The highest BCUT2D eigenvalue weighted by atomic mass is 16.5. The average Bonchev–Trinajstić information content (AvgIpc) is 3.18. The Morgan fingerprint density at radius 3 is 2.02 bits per heavy atom. The van der Waals surface area contributed by atoms with Crippen LogP contribution >= 0.6 is 0 Å². The van der Waals surface area contributed by atoms with Gasteiger partial charge in [-0.25, -0.2) is 0 Å². The van der Waals surface area contributed by atoms with Gasteiger partial charge in [-0.3, -0.25) is 9.79 Å². The first-order valence-corrected chi connectivity index (χ1v) is 17.6. The highest BCUT2D eigenvalue weighted by Gasteiger charge is 2.38. The topological polar surface area (TPSA) is 89.4 Å². The molecule has 0 saturated carbocycles. The number of unbranched alkanes of at least 4 members (excludes halogenated alkanes) is 1. The summed E-state index contributed by atoms with van der Waals surface area (Å²) >= 11 is 0. The average molecular weight is 683 g/mol. The predicted octanol–water partition coefficient (Wildman–Crippen LogP) is 7.70. The van der Waals surface area contributed by atoms with Crippen molar-refractivity contribution in [2.75, 3.05) is 34.0 Å². The van der Waals surface area contributed by atoms with E-state index in [1.807, 2.05) is 73.0 Å². The Morgan fingerprint density at radius 1 is 0.804 bits per heavy atom. The van der Waals surface area contributed by atoms with E-state index in [1.165, 1.54) is 0 Å². The number of hydrogen-bond donors (Lipinski definition) is 2. The fourth-order valence-electron chi connectivity index (χ4n) is 7.12. The Kier molecular flexibility index (Phi) is 11.9. The summed E-state index contributed by atoms with van der Waals surface area (Å²) in [5, 5.41) is 12.8. The molecule has 262 valence electrons. The number of ether oxygens (including phenoxy) is 3. The lowest BCUT2D eigenvalue weighted by molar-refractivity contribution is -0.120. The van der Waals surface area contributed by atoms with E-state index in [9.17, 15) is 9.90 Å². The van der Waals surface area contributed by atoms with Crippen molar-refractivity contribution in [1.29, 1.82) is 0 Å². The second-order valence-corrected chi connectivity index (χ2v) is 12.7. The maximum Gasteiger partial charge on any atom is 0.224 e. The first-order chi connectivity index (χ1) is 25.1. The number of fused-ring (bicyclic) bond motifs is 1. The molecular formula is C44H46N2O5. The molecule has 1 aliphatic heterocycles. The van der Waals surface area contributed by atoms with Gasteiger partial charge in [0.05, 0.1) is 26.7 Å². The van der Waals surface area contributed by atoms with Gasteiger partial charge in [0.2, 0.25) is 5.91 Å². The van der Waals surface area contributed by atoms with E-state index in [0.717, 1.165) is 63.3 Å². The number of nitrogens with one attached hydrogen (secondary N) is 1. The normalized spacial score (nSPS) is 16.7. The van der Waals surface area contributed by atoms with Gasteiger partial charge in [0.25, 0.3) is 0 Å². The summed E-state index contributed by atoms with van der Waals surface area (Å²) in [5.41, 5.74) is 6.34. The summed E-state index contributed by atoms with van der Waals surface area (Å²) in [4.78, 5) is 18.2. The molecule has 1 amide bonds. The number of methoxy groups -OCH3 is 2. The van der Waals surface area contributed by atoms with Crippen LogP contribution in [0.25, 0.3) is 5.57 Å². The van der Waals surface area contributed by atoms with Gasteiger partial charge in [0.15, 0.2) is 0 Å². The molecule has 2 N–H and O–H groups in total. The first kappa shape index (κ1) is 35.6. The molecule has 7 heteroatoms. The third-order valence-corrected chi connectivity index (χ3v) is 9.64. The van der Waals surface area contributed by atoms with E-state index < -0.39 is 5.60 Å². The third kappa shape index (κ3) is 8.06. The van der Waals surface area contributed by atoms with Crippen molar-refractivity contribution >= 4 is 17.7 Å². The zero-order valence-electron chi connectivity index (χ0n) is 29.3. The minimum atomic E-state index is -0.874. The lowest BCUT2D eigenvalue weighted by Crippen LogP contribution is -2.33. The van der Waals surface area contributed by atoms with Crippen molar-refractivity contribution in [3.8, 4) is 11.5 Å². The number of rotatable bonds is 16. The highest BCUT2D eigenvalue weighted by molar-refractivity contribution is 6.00. The Labute approximate surface area is 301 Å². The van der Waals surface area contributed by atoms with Crippen LogP contribution in [0, 0.1) is 5.92 Å². The number of benzene rings is 4. The summed E-state index contributed by atoms with van der Waals surface area (Å²) in [6.07, 6.45) is 10.4. The number of aliphatic hydroxyl groups excluding tert-OH is 1. The molecule has 0 spiro atoms. The Bertz CT molecular complexity index is 1820. The Morgan fingerprint density at radius 2 is 1.41 bits per heavy atom. The van der Waals surface area contributed by atoms with Gasteiger partial charge in [0, 0.05) is 31.9 Å². The lowest BCUT2D eigenvalue weighted by Gasteiger charge is -2.36. The molecule has 2 aliphatic rings. The van der Waals surface area contributed by atoms with Gasteiger partial charge in [0.1, 0.15) is 17.1 Å². The van der Waals surface area contributed by atoms with Crippen LogP contribution in [0.5, 0.6) is 11.5 Å². The number of aliphatic imine (C=N–C) groups is 1. The van der Waals surface area contributed by atoms with Gasteiger partial charge in [-0.05, 0) is 82.5 Å². The van der Waals surface area contributed by atoms with E-state index in [4.69, 9.17) is 19.2 Å². The van der Waals surface area contributed by atoms with Crippen LogP contribution in [-0.4, -0.2) is 57.2 Å². The molecule has 2 atom stereocenters. The fraction of sp³-hybridized carbons (Fsp3) is 0.273. The number of hydrogen-bond acceptors (Lipinski definition) is 6. The molecule has 7 nitrogen and oxygen atoms in total. The number of dihydropyridines is 1. The molecule has 1 aliphatic carbocycles. The predicted molar refractivity (Wildman–Crippen MR) is 203 cm³/mol. The molecular weight excluding hydrogens is 636 g/mol. The monoisotopic (exact) mass is 682 g/mol. The smallest absolute Gasteiger partial charge is 0.224 e. The quantitative estimate of drug-likeness (QED) is 0.0935. The van der Waals surface area contributed by atoms with Crippen molar-refractivity contribution in [3.63, 3.8) is 0 Å². The van der Waals surface area contributed by atoms with E-state index in [2.05, 4.69) is 66.0 Å². The molecule has 51 heavy (non-hydrogen) atoms. The SMILES string of the molecule is COc1ccc(C(OCCCCNC(=O)CC2=C(c3ccccc3)C3C=CC=C(CCO)C3N=C2)(c2ccccc2)c2ccc(OC)cc2)cc1. The van der Waals surface area contributed by atoms with Crippen molar-refractivity contribution in [2.24, 2.45) is 10.9 Å². The molecule has 6 rings (SSSR count). The minimum Gasteiger partial charge on any atom is -0.497 e. The second-order valence-electron chi connectivity index (χ2n) is 12.7. The van der Waals surface area contributed by atoms with E-state index in [1.54, 1.807) is 14.2 Å². The van der Waals surface area contributed by atoms with E-state index in [-0.39, 0.29) is 30.9 Å². The zero-order valence-corrected chi connectivity index (χ0v) is 29.3. The van der Waals surface area contributed by atoms with Crippen molar-refractivity contribution in [1.82, 2.24) is 5.32 Å². The van der Waals surface area contributed by atoms with Crippen molar-refractivity contribution in [3.05, 3.63) is 161 Å². The molecule has 0 radical (unpaired) electrons. The molecule has 1 heterocycles. The maximum absolute atomic E-state index is 13.3. The van der Waals surface area contributed by atoms with E-state index in [0.29, 0.717) is 19.6 Å². The fourth-order valence-corrected chi connectivity index (χ4v) is 7.12. The van der Waals surface area contributed by atoms with Crippen LogP contribution in [0.2, 0.25) is 0 Å². The minimum absolute atomic E-state index is 0.0187. The van der Waals surface area contributed by atoms with Gasteiger partial charge in [-0.1, -0.05) is 103 Å². The third-order valence-electron chi connectivity index (χ3n) is 9.64. The van der Waals surface area contributed by atoms with Crippen molar-refractivity contribution in [2.45, 2.75) is 37.3 Å². The largest absolute Gasteiger partial charge is 0.497 e. The molecule has 0 bridgehead atoms. The summed E-state index contributed by atoms with van der Waals surface area (Å²) in [7, 11) is 3.33. The van der Waals surface area contributed by atoms with Crippen LogP contribution < -0.4 is 14.8 Å². The van der Waals surface area contributed by atoms with Crippen LogP contribution in [0.3, 0.4) is 0 Å². The molecule has 4 aromatic carbocycles. The van der Waals surface area contributed by atoms with Crippen LogP contribution in [0.1, 0.15) is 47.9 Å². The van der Waals surface area contributed by atoms with Crippen LogP contribution in [0.4, 0.5) is 0 Å². The molecule has 0 fully saturated rings. The zero-order chi connectivity index (χ0) is 35.5. The first-order valence-electron chi connectivity index (χ1n) is 17.6. The number of nitrogens with zero attached hydrogens (tertiary/aromatic N) is 1. The van der Waals surface area contributed by atoms with E-state index >= 15 is 0 Å². The van der Waals surface area contributed by atoms with Gasteiger partial charge in [-0.2, -0.15) is 0 Å². The number of carbonyl (C=O) groups excluding carboxylic acids is 1. The second kappa shape index (κ2) is 17.1. The summed E-state index contributed by atoms with van der Waals surface area (Å²) in [5.74, 6) is 1.53. The molecule has 2 unspecified atom stereocenters. The standard InChI is InChI=1S/C44H46N2O5/c1-49-38-22-18-36(19-23-38)44(35-15-7-4-8-16-35,37-20-24-39(50-2)25-21-37)51-29-10-9-27-45-41(48)30-34-31-46-43-33(26-28-47)14-11-17-40(43)42(34)32-12-5-3-6-13-32/h3-8,11-25,31,40,43,47H,9-10,26-30H2,1-2H3,(H,45,48). The maximum atomic E-state index is 13.3. The van der Waals surface area contributed by atoms with Gasteiger partial charge < -0.3 is 24.6 Å². The molecule has 4 aromatic rings. The van der Waals surface area contributed by atoms with Gasteiger partial charge in [-0.15, -0.1) is 0 Å². The molecule has 0 aromatic heterocycles. The number of allylic oxidation sites excluding steroid dienone is 2. The Hall–Kier alpha value is -5.24. The summed E-state index contributed by atoms with van der Waals surface area (Å²) in [6.45, 7) is 1.09. The number of carbonyl (C=O) groups is 1. The van der Waals surface area contributed by atoms with Crippen LogP contribution in [0.15, 0.2) is 144 Å². The number of aliphatic hydroxyl groups is 1. The summed E-state index contributed by atoms with van der Waals surface area (Å²) in [6, 6.07) is 36.5. The lowest BCUT2D eigenvalue weighted by atomic mass is 9.76. The Balaban J connectivity index is 1.14. The van der Waals surface area contributed by atoms with Crippen molar-refractivity contribution < 1.29 is 24.1 Å². The summed E-state index contributed by atoms with van der Waals surface area (Å²) < 4.78 is 17.9. The number of amides is 1.